The van der Waals surface area contributed by atoms with Gasteiger partial charge in [0.15, 0.2) is 11.5 Å². The molecule has 4 rings (SSSR count). The second-order valence-corrected chi connectivity index (χ2v) is 8.52. The standard InChI is InChI=1S/C29H24ClN3O6/c1-37-25-14-12-19(15-26(25)38-2)29(36)39-24-13-11-18-7-3-4-8-20(18)22(24)16-32-33-27(34)17-31-28(35)21-9-5-6-10-23(21)30/h3-16H,17H2,1-2H3,(H,31,35)(H,33,34)/b32-16-. The van der Waals surface area contributed by atoms with Crippen LogP contribution in [-0.2, 0) is 4.79 Å². The summed E-state index contributed by atoms with van der Waals surface area (Å²) in [7, 11) is 2.98. The Bertz CT molecular complexity index is 1570. The van der Waals surface area contributed by atoms with E-state index in [1.165, 1.54) is 26.5 Å². The number of amides is 2. The number of nitrogens with zero attached hydrogens (tertiary/aromatic N) is 1. The number of hydrogen-bond acceptors (Lipinski definition) is 7. The molecule has 0 unspecified atom stereocenters. The number of rotatable bonds is 9. The summed E-state index contributed by atoms with van der Waals surface area (Å²) in [6.45, 7) is -0.321. The highest BCUT2D eigenvalue weighted by molar-refractivity contribution is 6.33. The van der Waals surface area contributed by atoms with Crippen molar-refractivity contribution in [3.63, 3.8) is 0 Å². The lowest BCUT2D eigenvalue weighted by atomic mass is 10.0. The molecule has 0 heterocycles. The number of carbonyl (C=O) groups excluding carboxylic acids is 3. The number of methoxy groups -OCH3 is 2. The fourth-order valence-electron chi connectivity index (χ4n) is 3.73. The number of fused-ring (bicyclic) bond motifs is 1. The Kier molecular flexibility index (Phi) is 8.75. The average Bonchev–Trinajstić information content (AvgIpc) is 2.96. The molecule has 2 amide bonds. The van der Waals surface area contributed by atoms with Crippen molar-refractivity contribution in [1.29, 1.82) is 0 Å². The van der Waals surface area contributed by atoms with E-state index < -0.39 is 17.8 Å². The van der Waals surface area contributed by atoms with Crippen LogP contribution in [0.25, 0.3) is 10.8 Å². The number of esters is 1. The van der Waals surface area contributed by atoms with Gasteiger partial charge in [-0.25, -0.2) is 10.2 Å². The summed E-state index contributed by atoms with van der Waals surface area (Å²) in [5.41, 5.74) is 3.36. The molecule has 0 atom stereocenters. The van der Waals surface area contributed by atoms with Gasteiger partial charge < -0.3 is 19.5 Å². The summed E-state index contributed by atoms with van der Waals surface area (Å²) in [5.74, 6) is -0.567. The van der Waals surface area contributed by atoms with Crippen molar-refractivity contribution in [3.8, 4) is 17.2 Å². The van der Waals surface area contributed by atoms with Crippen molar-refractivity contribution in [2.24, 2.45) is 5.10 Å². The fourth-order valence-corrected chi connectivity index (χ4v) is 3.95. The van der Waals surface area contributed by atoms with Crippen molar-refractivity contribution in [3.05, 3.63) is 101 Å². The van der Waals surface area contributed by atoms with Gasteiger partial charge in [0.2, 0.25) is 0 Å². The molecular formula is C29H24ClN3O6. The number of hydrazone groups is 1. The Hall–Kier alpha value is -4.89. The highest BCUT2D eigenvalue weighted by Crippen LogP contribution is 2.30. The maximum Gasteiger partial charge on any atom is 0.343 e. The van der Waals surface area contributed by atoms with E-state index in [0.29, 0.717) is 17.1 Å². The van der Waals surface area contributed by atoms with E-state index in [9.17, 15) is 14.4 Å². The van der Waals surface area contributed by atoms with E-state index in [2.05, 4.69) is 15.8 Å². The monoisotopic (exact) mass is 545 g/mol. The van der Waals surface area contributed by atoms with Crippen LogP contribution in [0.3, 0.4) is 0 Å². The Morgan fingerprint density at radius 2 is 1.59 bits per heavy atom. The molecule has 9 nitrogen and oxygen atoms in total. The summed E-state index contributed by atoms with van der Waals surface area (Å²) >= 11 is 6.02. The number of benzene rings is 4. The van der Waals surface area contributed by atoms with Crippen LogP contribution in [0.2, 0.25) is 5.02 Å². The van der Waals surface area contributed by atoms with E-state index in [1.54, 1.807) is 42.5 Å². The van der Waals surface area contributed by atoms with Crippen molar-refractivity contribution < 1.29 is 28.6 Å². The van der Waals surface area contributed by atoms with Gasteiger partial charge in [-0.3, -0.25) is 9.59 Å². The zero-order valence-corrected chi connectivity index (χ0v) is 21.8. The van der Waals surface area contributed by atoms with Crippen molar-refractivity contribution in [1.82, 2.24) is 10.7 Å². The number of nitrogens with one attached hydrogen (secondary N) is 2. The summed E-state index contributed by atoms with van der Waals surface area (Å²) in [4.78, 5) is 37.5. The molecule has 39 heavy (non-hydrogen) atoms. The van der Waals surface area contributed by atoms with E-state index in [0.717, 1.165) is 10.8 Å². The molecule has 4 aromatic carbocycles. The van der Waals surface area contributed by atoms with Gasteiger partial charge >= 0.3 is 5.97 Å². The molecule has 0 bridgehead atoms. The Balaban J connectivity index is 1.50. The lowest BCUT2D eigenvalue weighted by molar-refractivity contribution is -0.120. The van der Waals surface area contributed by atoms with Gasteiger partial charge in [-0.15, -0.1) is 0 Å². The lowest BCUT2D eigenvalue weighted by Crippen LogP contribution is -2.35. The van der Waals surface area contributed by atoms with Crippen molar-refractivity contribution >= 4 is 46.4 Å². The maximum atomic E-state index is 13.0. The van der Waals surface area contributed by atoms with E-state index in [4.69, 9.17) is 25.8 Å². The average molecular weight is 546 g/mol. The first-order valence-electron chi connectivity index (χ1n) is 11.7. The number of ether oxygens (including phenoxy) is 3. The van der Waals surface area contributed by atoms with E-state index in [-0.39, 0.29) is 28.4 Å². The summed E-state index contributed by atoms with van der Waals surface area (Å²) < 4.78 is 16.2. The number of carbonyl (C=O) groups is 3. The molecule has 0 saturated heterocycles. The molecule has 0 aliphatic heterocycles. The first-order chi connectivity index (χ1) is 18.9. The van der Waals surface area contributed by atoms with Crippen LogP contribution in [0.5, 0.6) is 17.2 Å². The third-order valence-corrected chi connectivity index (χ3v) is 5.99. The summed E-state index contributed by atoms with van der Waals surface area (Å²) in [6, 6.07) is 22.1. The molecule has 2 N–H and O–H groups in total. The second kappa shape index (κ2) is 12.6. The van der Waals surface area contributed by atoms with Crippen LogP contribution in [0.4, 0.5) is 0 Å². The normalized spacial score (nSPS) is 10.7. The molecule has 0 spiro atoms. The first kappa shape index (κ1) is 27.2. The maximum absolute atomic E-state index is 13.0. The molecule has 0 aliphatic carbocycles. The van der Waals surface area contributed by atoms with Gasteiger partial charge in [-0.05, 0) is 47.2 Å². The van der Waals surface area contributed by atoms with E-state index >= 15 is 0 Å². The summed E-state index contributed by atoms with van der Waals surface area (Å²) in [6.07, 6.45) is 1.38. The van der Waals surface area contributed by atoms with E-state index in [1.807, 2.05) is 30.3 Å². The van der Waals surface area contributed by atoms with Crippen LogP contribution in [0.15, 0.2) is 84.0 Å². The molecule has 0 radical (unpaired) electrons. The predicted molar refractivity (Wildman–Crippen MR) is 148 cm³/mol. The molecule has 4 aromatic rings. The zero-order chi connectivity index (χ0) is 27.8. The summed E-state index contributed by atoms with van der Waals surface area (Å²) in [5, 5.41) is 8.42. The van der Waals surface area contributed by atoms with Crippen LogP contribution in [-0.4, -0.2) is 44.8 Å². The highest BCUT2D eigenvalue weighted by Gasteiger charge is 2.16. The minimum absolute atomic E-state index is 0.235. The minimum atomic E-state index is -0.618. The van der Waals surface area contributed by atoms with Crippen LogP contribution < -0.4 is 25.0 Å². The Morgan fingerprint density at radius 1 is 0.872 bits per heavy atom. The van der Waals surface area contributed by atoms with Crippen molar-refractivity contribution in [2.75, 3.05) is 20.8 Å². The third kappa shape index (κ3) is 6.52. The third-order valence-electron chi connectivity index (χ3n) is 5.66. The Morgan fingerprint density at radius 3 is 2.36 bits per heavy atom. The van der Waals surface area contributed by atoms with Crippen LogP contribution in [0, 0.1) is 0 Å². The highest BCUT2D eigenvalue weighted by atomic mass is 35.5. The van der Waals surface area contributed by atoms with Crippen LogP contribution >= 0.6 is 11.6 Å². The van der Waals surface area contributed by atoms with Gasteiger partial charge in [0.25, 0.3) is 11.8 Å². The van der Waals surface area contributed by atoms with Crippen LogP contribution in [0.1, 0.15) is 26.3 Å². The molecule has 198 valence electrons. The van der Waals surface area contributed by atoms with Gasteiger partial charge in [0.05, 0.1) is 43.1 Å². The number of halogens is 1. The van der Waals surface area contributed by atoms with Gasteiger partial charge in [-0.2, -0.15) is 5.10 Å². The molecule has 10 heteroatoms. The Labute approximate surface area is 229 Å². The molecule has 0 aliphatic rings. The van der Waals surface area contributed by atoms with Crippen molar-refractivity contribution in [2.45, 2.75) is 0 Å². The second-order valence-electron chi connectivity index (χ2n) is 8.11. The molecule has 0 aromatic heterocycles. The largest absolute Gasteiger partial charge is 0.493 e. The topological polar surface area (TPSA) is 115 Å². The SMILES string of the molecule is COc1ccc(C(=O)Oc2ccc3ccccc3c2/C=N\NC(=O)CNC(=O)c2ccccc2Cl)cc1OC. The molecule has 0 saturated carbocycles. The van der Waals surface area contributed by atoms with Gasteiger partial charge in [0.1, 0.15) is 5.75 Å². The minimum Gasteiger partial charge on any atom is -0.493 e. The predicted octanol–water partition coefficient (Wildman–Crippen LogP) is 4.61. The fraction of sp³-hybridized carbons (Fsp3) is 0.103. The molecular weight excluding hydrogens is 522 g/mol. The quantitative estimate of drug-likeness (QED) is 0.137. The number of hydrogen-bond donors (Lipinski definition) is 2. The first-order valence-corrected chi connectivity index (χ1v) is 12.1. The van der Waals surface area contributed by atoms with Gasteiger partial charge in [-0.1, -0.05) is 54.1 Å². The zero-order valence-electron chi connectivity index (χ0n) is 21.1. The van der Waals surface area contributed by atoms with Gasteiger partial charge in [0, 0.05) is 5.56 Å². The molecule has 0 fully saturated rings. The lowest BCUT2D eigenvalue weighted by Gasteiger charge is -2.12. The smallest absolute Gasteiger partial charge is 0.343 e.